The van der Waals surface area contributed by atoms with Gasteiger partial charge in [-0.25, -0.2) is 0 Å². The number of benzene rings is 1. The van der Waals surface area contributed by atoms with E-state index >= 15 is 0 Å². The molecule has 2 N–H and O–H groups in total. The molecule has 3 rings (SSSR count). The summed E-state index contributed by atoms with van der Waals surface area (Å²) in [6, 6.07) is 7.13. The highest BCUT2D eigenvalue weighted by molar-refractivity contribution is 5.68. The highest BCUT2D eigenvalue weighted by Gasteiger charge is 2.38. The first-order chi connectivity index (χ1) is 9.51. The summed E-state index contributed by atoms with van der Waals surface area (Å²) in [6.07, 6.45) is 2.55. The molecule has 0 amide bonds. The number of nitrogens with zero attached hydrogens (tertiary/aromatic N) is 2. The number of nitrogen functional groups attached to an aromatic ring is 1. The number of rotatable bonds is 2. The van der Waals surface area contributed by atoms with E-state index in [-0.39, 0.29) is 5.41 Å². The lowest BCUT2D eigenvalue weighted by Crippen LogP contribution is -2.45. The number of fused-ring (bicyclic) bond motifs is 1. The first-order valence-corrected chi connectivity index (χ1v) is 7.90. The Balaban J connectivity index is 1.85. The molecule has 1 aromatic carbocycles. The summed E-state index contributed by atoms with van der Waals surface area (Å²) in [4.78, 5) is 5.18. The zero-order valence-electron chi connectivity index (χ0n) is 13.0. The molecule has 2 heterocycles. The molecule has 0 saturated carbocycles. The van der Waals surface area contributed by atoms with Crippen molar-refractivity contribution < 1.29 is 0 Å². The summed E-state index contributed by atoms with van der Waals surface area (Å²) >= 11 is 0. The second-order valence-corrected chi connectivity index (χ2v) is 6.95. The van der Waals surface area contributed by atoms with Crippen LogP contribution in [0.4, 0.5) is 11.4 Å². The molecule has 3 nitrogen and oxygen atoms in total. The van der Waals surface area contributed by atoms with Crippen molar-refractivity contribution in [2.24, 2.45) is 0 Å². The maximum absolute atomic E-state index is 6.02. The third-order valence-electron chi connectivity index (χ3n) is 5.07. The molecule has 0 bridgehead atoms. The molecule has 0 unspecified atom stereocenters. The fraction of sp³-hybridized carbons (Fsp3) is 0.647. The molecule has 0 atom stereocenters. The smallest absolute Gasteiger partial charge is 0.0428 e. The predicted octanol–water partition coefficient (Wildman–Crippen LogP) is 2.85. The number of hydrogen-bond donors (Lipinski definition) is 1. The molecule has 3 heteroatoms. The topological polar surface area (TPSA) is 32.5 Å². The summed E-state index contributed by atoms with van der Waals surface area (Å²) in [7, 11) is 0. The third-order valence-corrected chi connectivity index (χ3v) is 5.07. The van der Waals surface area contributed by atoms with Gasteiger partial charge in [0.25, 0.3) is 0 Å². The molecule has 0 aromatic heterocycles. The zero-order valence-corrected chi connectivity index (χ0v) is 13.0. The van der Waals surface area contributed by atoms with Gasteiger partial charge in [0, 0.05) is 42.5 Å². The number of anilines is 2. The second-order valence-electron chi connectivity index (χ2n) is 6.95. The molecular weight excluding hydrogens is 246 g/mol. The van der Waals surface area contributed by atoms with Crippen molar-refractivity contribution in [3.63, 3.8) is 0 Å². The van der Waals surface area contributed by atoms with Crippen molar-refractivity contribution in [2.75, 3.05) is 36.8 Å². The van der Waals surface area contributed by atoms with E-state index in [0.717, 1.165) is 12.2 Å². The summed E-state index contributed by atoms with van der Waals surface area (Å²) in [5.74, 6) is 0. The SMILES string of the molecule is CCN1CCC(N2CC(C)(C)c3ccc(N)cc32)CC1. The van der Waals surface area contributed by atoms with Crippen LogP contribution in [-0.2, 0) is 5.41 Å². The van der Waals surface area contributed by atoms with Crippen molar-refractivity contribution in [3.8, 4) is 0 Å². The minimum atomic E-state index is 0.241. The van der Waals surface area contributed by atoms with Gasteiger partial charge in [-0.2, -0.15) is 0 Å². The first kappa shape index (κ1) is 13.7. The average molecular weight is 273 g/mol. The fourth-order valence-corrected chi connectivity index (χ4v) is 3.83. The van der Waals surface area contributed by atoms with Crippen LogP contribution >= 0.6 is 0 Å². The summed E-state index contributed by atoms with van der Waals surface area (Å²) in [5, 5.41) is 0. The van der Waals surface area contributed by atoms with E-state index in [4.69, 9.17) is 5.73 Å². The van der Waals surface area contributed by atoms with E-state index in [1.54, 1.807) is 0 Å². The summed E-state index contributed by atoms with van der Waals surface area (Å²) in [5.41, 5.74) is 9.99. The van der Waals surface area contributed by atoms with Gasteiger partial charge in [0.05, 0.1) is 0 Å². The minimum Gasteiger partial charge on any atom is -0.399 e. The second kappa shape index (κ2) is 4.96. The summed E-state index contributed by atoms with van der Waals surface area (Å²) < 4.78 is 0. The van der Waals surface area contributed by atoms with E-state index in [1.807, 2.05) is 6.07 Å². The molecule has 2 aliphatic heterocycles. The molecule has 110 valence electrons. The van der Waals surface area contributed by atoms with E-state index in [2.05, 4.69) is 42.7 Å². The van der Waals surface area contributed by atoms with E-state index in [0.29, 0.717) is 6.04 Å². The van der Waals surface area contributed by atoms with Gasteiger partial charge in [-0.1, -0.05) is 26.8 Å². The Morgan fingerprint density at radius 2 is 1.95 bits per heavy atom. The van der Waals surface area contributed by atoms with Gasteiger partial charge in [-0.3, -0.25) is 0 Å². The number of nitrogens with two attached hydrogens (primary N) is 1. The van der Waals surface area contributed by atoms with Crippen LogP contribution in [0.15, 0.2) is 18.2 Å². The molecule has 1 saturated heterocycles. The number of likely N-dealkylation sites (tertiary alicyclic amines) is 1. The number of piperidine rings is 1. The van der Waals surface area contributed by atoms with E-state index in [9.17, 15) is 0 Å². The lowest BCUT2D eigenvalue weighted by Gasteiger charge is -2.38. The Morgan fingerprint density at radius 1 is 1.25 bits per heavy atom. The van der Waals surface area contributed by atoms with Crippen LogP contribution < -0.4 is 10.6 Å². The summed E-state index contributed by atoms with van der Waals surface area (Å²) in [6.45, 7) is 11.7. The number of hydrogen-bond acceptors (Lipinski definition) is 3. The molecular formula is C17H27N3. The van der Waals surface area contributed by atoms with Crippen LogP contribution in [0.5, 0.6) is 0 Å². The Hall–Kier alpha value is -1.22. The van der Waals surface area contributed by atoms with Crippen molar-refractivity contribution in [1.29, 1.82) is 0 Å². The Labute approximate surface area is 122 Å². The van der Waals surface area contributed by atoms with Gasteiger partial charge in [-0.15, -0.1) is 0 Å². The van der Waals surface area contributed by atoms with Gasteiger partial charge >= 0.3 is 0 Å². The van der Waals surface area contributed by atoms with Crippen molar-refractivity contribution in [3.05, 3.63) is 23.8 Å². The van der Waals surface area contributed by atoms with E-state index in [1.165, 1.54) is 43.7 Å². The van der Waals surface area contributed by atoms with E-state index < -0.39 is 0 Å². The molecule has 1 aromatic rings. The standard InChI is InChI=1S/C17H27N3/c1-4-19-9-7-14(8-10-19)20-12-17(2,3)15-6-5-13(18)11-16(15)20/h5-6,11,14H,4,7-10,12,18H2,1-3H3. The van der Waals surface area contributed by atoms with Gasteiger partial charge < -0.3 is 15.5 Å². The Morgan fingerprint density at radius 3 is 2.60 bits per heavy atom. The van der Waals surface area contributed by atoms with Gasteiger partial charge in [0.2, 0.25) is 0 Å². The zero-order chi connectivity index (χ0) is 14.3. The molecule has 0 spiro atoms. The minimum absolute atomic E-state index is 0.241. The first-order valence-electron chi connectivity index (χ1n) is 7.90. The lowest BCUT2D eigenvalue weighted by atomic mass is 9.87. The van der Waals surface area contributed by atoms with Crippen molar-refractivity contribution in [1.82, 2.24) is 4.90 Å². The van der Waals surface area contributed by atoms with Crippen LogP contribution in [-0.4, -0.2) is 37.1 Å². The van der Waals surface area contributed by atoms with Crippen molar-refractivity contribution >= 4 is 11.4 Å². The molecule has 20 heavy (non-hydrogen) atoms. The quantitative estimate of drug-likeness (QED) is 0.841. The molecule has 1 fully saturated rings. The molecule has 2 aliphatic rings. The van der Waals surface area contributed by atoms with Crippen molar-refractivity contribution in [2.45, 2.75) is 45.1 Å². The maximum atomic E-state index is 6.02. The van der Waals surface area contributed by atoms with Gasteiger partial charge in [0.15, 0.2) is 0 Å². The highest BCUT2D eigenvalue weighted by Crippen LogP contribution is 2.43. The fourth-order valence-electron chi connectivity index (χ4n) is 3.83. The van der Waals surface area contributed by atoms with Crippen LogP contribution in [0.3, 0.4) is 0 Å². The van der Waals surface area contributed by atoms with Crippen LogP contribution in [0.25, 0.3) is 0 Å². The Kier molecular flexibility index (Phi) is 3.41. The largest absolute Gasteiger partial charge is 0.399 e. The Bertz CT molecular complexity index is 487. The maximum Gasteiger partial charge on any atom is 0.0428 e. The monoisotopic (exact) mass is 273 g/mol. The third kappa shape index (κ3) is 2.28. The van der Waals surface area contributed by atoms with Crippen LogP contribution in [0, 0.1) is 0 Å². The average Bonchev–Trinajstić information content (AvgIpc) is 2.70. The predicted molar refractivity (Wildman–Crippen MR) is 86.4 cm³/mol. The molecule has 0 radical (unpaired) electrons. The van der Waals surface area contributed by atoms with Crippen LogP contribution in [0.2, 0.25) is 0 Å². The highest BCUT2D eigenvalue weighted by atomic mass is 15.2. The van der Waals surface area contributed by atoms with Gasteiger partial charge in [0.1, 0.15) is 0 Å². The normalized spacial score (nSPS) is 23.1. The lowest BCUT2D eigenvalue weighted by molar-refractivity contribution is 0.217. The van der Waals surface area contributed by atoms with Crippen LogP contribution in [0.1, 0.15) is 39.2 Å². The molecule has 0 aliphatic carbocycles. The van der Waals surface area contributed by atoms with Gasteiger partial charge in [-0.05, 0) is 37.1 Å².